The molecule has 0 spiro atoms. The lowest BCUT2D eigenvalue weighted by molar-refractivity contribution is -0.189. The minimum Gasteiger partial charge on any atom is -0.478 e. The van der Waals surface area contributed by atoms with Gasteiger partial charge in [0.05, 0.1) is 18.9 Å². The topological polar surface area (TPSA) is 44.5 Å². The van der Waals surface area contributed by atoms with Crippen molar-refractivity contribution in [1.29, 1.82) is 0 Å². The Bertz CT molecular complexity index is 512. The Hall–Kier alpha value is -1.69. The maximum absolute atomic E-state index is 12.6. The third kappa shape index (κ3) is 3.25. The van der Waals surface area contributed by atoms with Crippen LogP contribution in [0.5, 0.6) is 5.75 Å². The van der Waals surface area contributed by atoms with Crippen molar-refractivity contribution in [2.24, 2.45) is 0 Å². The predicted octanol–water partition coefficient (Wildman–Crippen LogP) is 3.40. The van der Waals surface area contributed by atoms with Gasteiger partial charge in [-0.15, -0.1) is 0 Å². The number of halogens is 3. The SMILES string of the molecule is C[C@H](Oc1c(N)cccc1C1=CCCOC1)C(F)(F)F. The van der Waals surface area contributed by atoms with Gasteiger partial charge in [-0.25, -0.2) is 0 Å². The Morgan fingerprint density at radius 3 is 2.70 bits per heavy atom. The zero-order valence-electron chi connectivity index (χ0n) is 11.0. The minimum atomic E-state index is -4.43. The fraction of sp³-hybridized carbons (Fsp3) is 0.429. The van der Waals surface area contributed by atoms with Crippen molar-refractivity contribution in [2.45, 2.75) is 25.6 Å². The zero-order chi connectivity index (χ0) is 14.8. The van der Waals surface area contributed by atoms with Gasteiger partial charge >= 0.3 is 6.18 Å². The molecule has 20 heavy (non-hydrogen) atoms. The van der Waals surface area contributed by atoms with Crippen LogP contribution in [0.25, 0.3) is 5.57 Å². The Morgan fingerprint density at radius 2 is 2.10 bits per heavy atom. The van der Waals surface area contributed by atoms with E-state index in [1.54, 1.807) is 12.1 Å². The highest BCUT2D eigenvalue weighted by molar-refractivity contribution is 5.76. The van der Waals surface area contributed by atoms with Crippen molar-refractivity contribution in [2.75, 3.05) is 18.9 Å². The van der Waals surface area contributed by atoms with Gasteiger partial charge in [-0.1, -0.05) is 18.2 Å². The molecule has 1 aliphatic heterocycles. The Morgan fingerprint density at radius 1 is 1.35 bits per heavy atom. The molecule has 2 rings (SSSR count). The van der Waals surface area contributed by atoms with E-state index in [4.69, 9.17) is 15.2 Å². The normalized spacial score (nSPS) is 17.5. The van der Waals surface area contributed by atoms with Crippen molar-refractivity contribution in [3.8, 4) is 5.75 Å². The molecule has 6 heteroatoms. The van der Waals surface area contributed by atoms with Crippen molar-refractivity contribution in [1.82, 2.24) is 0 Å². The molecule has 0 radical (unpaired) electrons. The van der Waals surface area contributed by atoms with Gasteiger partial charge in [0, 0.05) is 5.56 Å². The van der Waals surface area contributed by atoms with E-state index in [1.807, 2.05) is 6.08 Å². The average molecular weight is 287 g/mol. The summed E-state index contributed by atoms with van der Waals surface area (Å²) in [6, 6.07) is 4.90. The first-order valence-electron chi connectivity index (χ1n) is 6.28. The molecule has 0 saturated carbocycles. The average Bonchev–Trinajstić information content (AvgIpc) is 2.41. The number of anilines is 1. The predicted molar refractivity (Wildman–Crippen MR) is 70.4 cm³/mol. The Kier molecular flexibility index (Phi) is 4.23. The lowest BCUT2D eigenvalue weighted by Gasteiger charge is -2.23. The van der Waals surface area contributed by atoms with E-state index in [-0.39, 0.29) is 11.4 Å². The quantitative estimate of drug-likeness (QED) is 0.867. The lowest BCUT2D eigenvalue weighted by atomic mass is 10.0. The van der Waals surface area contributed by atoms with E-state index in [0.29, 0.717) is 18.8 Å². The molecule has 0 saturated heterocycles. The van der Waals surface area contributed by atoms with E-state index in [9.17, 15) is 13.2 Å². The molecule has 0 amide bonds. The second kappa shape index (κ2) is 5.75. The van der Waals surface area contributed by atoms with Gasteiger partial charge in [0.15, 0.2) is 11.9 Å². The third-order valence-electron chi connectivity index (χ3n) is 3.06. The highest BCUT2D eigenvalue weighted by Gasteiger charge is 2.38. The summed E-state index contributed by atoms with van der Waals surface area (Å²) in [5.74, 6) is 0.0640. The monoisotopic (exact) mass is 287 g/mol. The molecule has 0 fully saturated rings. The van der Waals surface area contributed by atoms with E-state index >= 15 is 0 Å². The number of para-hydroxylation sites is 1. The van der Waals surface area contributed by atoms with Gasteiger partial charge in [-0.05, 0) is 25.0 Å². The van der Waals surface area contributed by atoms with Gasteiger partial charge in [0.25, 0.3) is 0 Å². The number of hydrogen-bond donors (Lipinski definition) is 1. The number of rotatable bonds is 3. The summed E-state index contributed by atoms with van der Waals surface area (Å²) >= 11 is 0. The van der Waals surface area contributed by atoms with Crippen LogP contribution in [0.4, 0.5) is 18.9 Å². The number of hydrogen-bond acceptors (Lipinski definition) is 3. The van der Waals surface area contributed by atoms with Crippen molar-refractivity contribution >= 4 is 11.3 Å². The van der Waals surface area contributed by atoms with Crippen LogP contribution < -0.4 is 10.5 Å². The highest BCUT2D eigenvalue weighted by atomic mass is 19.4. The largest absolute Gasteiger partial charge is 0.478 e. The summed E-state index contributed by atoms with van der Waals surface area (Å²) in [7, 11) is 0. The molecule has 1 aliphatic rings. The molecule has 1 heterocycles. The maximum Gasteiger partial charge on any atom is 0.425 e. The first-order valence-corrected chi connectivity index (χ1v) is 6.28. The maximum atomic E-state index is 12.6. The van der Waals surface area contributed by atoms with Crippen LogP contribution in [0.3, 0.4) is 0 Å². The van der Waals surface area contributed by atoms with Crippen LogP contribution in [0.1, 0.15) is 18.9 Å². The second-order valence-corrected chi connectivity index (χ2v) is 4.60. The second-order valence-electron chi connectivity index (χ2n) is 4.60. The Balaban J connectivity index is 2.34. The molecule has 0 aliphatic carbocycles. The van der Waals surface area contributed by atoms with E-state index in [0.717, 1.165) is 18.9 Å². The standard InChI is InChI=1S/C14H16F3NO2/c1-9(14(15,16)17)20-13-11(5-2-6-12(13)18)10-4-3-7-19-8-10/h2,4-6,9H,3,7-8,18H2,1H3/t9-/m0/s1. The van der Waals surface area contributed by atoms with Gasteiger partial charge in [-0.2, -0.15) is 13.2 Å². The first-order chi connectivity index (χ1) is 9.39. The number of alkyl halides is 3. The molecular weight excluding hydrogens is 271 g/mol. The molecule has 1 atom stereocenters. The molecule has 1 aromatic carbocycles. The molecule has 110 valence electrons. The molecule has 3 nitrogen and oxygen atoms in total. The van der Waals surface area contributed by atoms with Crippen molar-refractivity contribution < 1.29 is 22.6 Å². The minimum absolute atomic E-state index is 0.0640. The molecule has 2 N–H and O–H groups in total. The third-order valence-corrected chi connectivity index (χ3v) is 3.06. The van der Waals surface area contributed by atoms with E-state index < -0.39 is 12.3 Å². The van der Waals surface area contributed by atoms with Crippen LogP contribution in [-0.4, -0.2) is 25.5 Å². The first kappa shape index (κ1) is 14.7. The smallest absolute Gasteiger partial charge is 0.425 e. The fourth-order valence-corrected chi connectivity index (χ4v) is 1.93. The van der Waals surface area contributed by atoms with Gasteiger partial charge < -0.3 is 15.2 Å². The van der Waals surface area contributed by atoms with Crippen LogP contribution in [0.2, 0.25) is 0 Å². The summed E-state index contributed by atoms with van der Waals surface area (Å²) < 4.78 is 48.3. The highest BCUT2D eigenvalue weighted by Crippen LogP contribution is 2.36. The van der Waals surface area contributed by atoms with Crippen LogP contribution in [-0.2, 0) is 4.74 Å². The molecule has 0 unspecified atom stereocenters. The van der Waals surface area contributed by atoms with Gasteiger partial charge in [-0.3, -0.25) is 0 Å². The number of nitrogen functional groups attached to an aromatic ring is 1. The molecule has 0 bridgehead atoms. The summed E-state index contributed by atoms with van der Waals surface area (Å²) in [6.07, 6.45) is -3.70. The Labute approximate surface area is 115 Å². The van der Waals surface area contributed by atoms with Gasteiger partial charge in [0.1, 0.15) is 0 Å². The van der Waals surface area contributed by atoms with Crippen LogP contribution in [0.15, 0.2) is 24.3 Å². The van der Waals surface area contributed by atoms with Crippen molar-refractivity contribution in [3.05, 3.63) is 29.8 Å². The van der Waals surface area contributed by atoms with E-state index in [2.05, 4.69) is 0 Å². The van der Waals surface area contributed by atoms with Crippen LogP contribution >= 0.6 is 0 Å². The lowest BCUT2D eigenvalue weighted by Crippen LogP contribution is -2.31. The number of benzene rings is 1. The van der Waals surface area contributed by atoms with Crippen LogP contribution in [0, 0.1) is 0 Å². The summed E-state index contributed by atoms with van der Waals surface area (Å²) in [5, 5.41) is 0. The summed E-state index contributed by atoms with van der Waals surface area (Å²) in [4.78, 5) is 0. The van der Waals surface area contributed by atoms with Crippen molar-refractivity contribution in [3.63, 3.8) is 0 Å². The van der Waals surface area contributed by atoms with Gasteiger partial charge in [0.2, 0.25) is 0 Å². The molecule has 0 aromatic heterocycles. The molecular formula is C14H16F3NO2. The van der Waals surface area contributed by atoms with E-state index in [1.165, 1.54) is 6.07 Å². The number of nitrogens with two attached hydrogens (primary N) is 1. The zero-order valence-corrected chi connectivity index (χ0v) is 11.0. The fourth-order valence-electron chi connectivity index (χ4n) is 1.93. The summed E-state index contributed by atoms with van der Waals surface area (Å²) in [5.41, 5.74) is 7.30. The number of ether oxygens (including phenoxy) is 2. The molecule has 1 aromatic rings. The summed E-state index contributed by atoms with van der Waals surface area (Å²) in [6.45, 7) is 1.92.